The molecule has 0 radical (unpaired) electrons. The largest absolute Gasteiger partial charge is 0.382 e. The fraction of sp³-hybridized carbons (Fsp3) is 0.222. The summed E-state index contributed by atoms with van der Waals surface area (Å²) < 4.78 is 0. The molecule has 2 aromatic rings. The van der Waals surface area contributed by atoms with Crippen LogP contribution in [0.15, 0.2) is 72.7 Å². The lowest BCUT2D eigenvalue weighted by Crippen LogP contribution is -2.34. The first-order chi connectivity index (χ1) is 10.9. The number of hydrogen-bond donors (Lipinski definition) is 2. The van der Waals surface area contributed by atoms with Gasteiger partial charge < -0.3 is 10.6 Å². The smallest absolute Gasteiger partial charge is 0.0703 e. The van der Waals surface area contributed by atoms with Crippen molar-refractivity contribution in [3.05, 3.63) is 83.8 Å². The highest BCUT2D eigenvalue weighted by Crippen LogP contribution is 2.29. The van der Waals surface area contributed by atoms with Crippen molar-refractivity contribution in [1.82, 2.24) is 10.6 Å². The third kappa shape index (κ3) is 4.92. The summed E-state index contributed by atoms with van der Waals surface area (Å²) in [5, 5.41) is 7.19. The highest BCUT2D eigenvalue weighted by molar-refractivity contribution is 7.20. The molecule has 4 atom stereocenters. The van der Waals surface area contributed by atoms with Crippen molar-refractivity contribution in [1.29, 1.82) is 0 Å². The number of nitrogens with one attached hydrogen (secondary N) is 2. The molecule has 0 heterocycles. The minimum atomic E-state index is 0.178. The molecule has 0 aliphatic heterocycles. The molecule has 2 unspecified atom stereocenters. The molecule has 0 amide bonds. The maximum Gasteiger partial charge on any atom is 0.0703 e. The average Bonchev–Trinajstić information content (AvgIpc) is 2.59. The van der Waals surface area contributed by atoms with Gasteiger partial charge in [-0.15, -0.1) is 18.5 Å². The second-order valence-corrected chi connectivity index (χ2v) is 6.01. The van der Waals surface area contributed by atoms with Gasteiger partial charge in [-0.25, -0.2) is 0 Å². The van der Waals surface area contributed by atoms with Crippen LogP contribution in [0.1, 0.15) is 23.2 Å². The third-order valence-corrected chi connectivity index (χ3v) is 4.01. The Balaban J connectivity index is 2.34. The lowest BCUT2D eigenvalue weighted by atomic mass is 9.93. The van der Waals surface area contributed by atoms with E-state index in [1.54, 1.807) is 0 Å². The van der Waals surface area contributed by atoms with E-state index < -0.39 is 0 Å². The average molecular weight is 330 g/mol. The Morgan fingerprint density at radius 2 is 1.41 bits per heavy atom. The molecule has 2 rings (SSSR count). The van der Waals surface area contributed by atoms with Gasteiger partial charge >= 0.3 is 0 Å². The van der Waals surface area contributed by atoms with Crippen molar-refractivity contribution in [2.75, 3.05) is 12.7 Å². The summed E-state index contributed by atoms with van der Waals surface area (Å²) in [5.41, 5.74) is 2.56. The Morgan fingerprint density at radius 1 is 0.864 bits per heavy atom. The van der Waals surface area contributed by atoms with Crippen molar-refractivity contribution in [3.8, 4) is 0 Å². The Morgan fingerprint density at radius 3 is 1.91 bits per heavy atom. The van der Waals surface area contributed by atoms with Gasteiger partial charge in [0.1, 0.15) is 0 Å². The molecule has 0 saturated heterocycles. The second-order valence-electron chi connectivity index (χ2n) is 5.05. The molecule has 0 aromatic heterocycles. The molecule has 0 aliphatic rings. The molecular formula is C18H24N2P2. The highest BCUT2D eigenvalue weighted by atomic mass is 31.0. The minimum Gasteiger partial charge on any atom is -0.382 e. The van der Waals surface area contributed by atoms with Crippen LogP contribution in [0, 0.1) is 0 Å². The zero-order valence-electron chi connectivity index (χ0n) is 12.7. The zero-order valence-corrected chi connectivity index (χ0v) is 15.0. The van der Waals surface area contributed by atoms with Crippen LogP contribution in [0.2, 0.25) is 0 Å². The maximum absolute atomic E-state index is 3.67. The Bertz CT molecular complexity index is 558. The first-order valence-electron chi connectivity index (χ1n) is 7.53. The predicted octanol–water partition coefficient (Wildman–Crippen LogP) is 3.87. The summed E-state index contributed by atoms with van der Waals surface area (Å²) in [5.74, 6) is 1.95. The van der Waals surface area contributed by atoms with Gasteiger partial charge in [0.25, 0.3) is 0 Å². The summed E-state index contributed by atoms with van der Waals surface area (Å²) >= 11 is 0. The fourth-order valence-corrected chi connectivity index (χ4v) is 2.81. The summed E-state index contributed by atoms with van der Waals surface area (Å²) in [4.78, 5) is 0. The fourth-order valence-electron chi connectivity index (χ4n) is 2.53. The van der Waals surface area contributed by atoms with Crippen LogP contribution in [-0.2, 0) is 0 Å². The van der Waals surface area contributed by atoms with Gasteiger partial charge in [-0.1, -0.05) is 66.5 Å². The Hall–Kier alpha value is -1.20. The molecule has 2 N–H and O–H groups in total. The Kier molecular flexibility index (Phi) is 7.60. The summed E-state index contributed by atoms with van der Waals surface area (Å²) in [6, 6.07) is 21.6. The van der Waals surface area contributed by atoms with Crippen LogP contribution in [0.5, 0.6) is 0 Å². The van der Waals surface area contributed by atoms with E-state index in [0.717, 1.165) is 12.7 Å². The van der Waals surface area contributed by atoms with Gasteiger partial charge in [0.05, 0.1) is 12.1 Å². The second kappa shape index (κ2) is 9.74. The Labute approximate surface area is 138 Å². The molecule has 4 heteroatoms. The number of rotatable bonds is 8. The molecule has 0 aliphatic carbocycles. The van der Waals surface area contributed by atoms with Gasteiger partial charge in [-0.3, -0.25) is 0 Å². The molecule has 0 saturated carbocycles. The van der Waals surface area contributed by atoms with E-state index in [4.69, 9.17) is 0 Å². The summed E-state index contributed by atoms with van der Waals surface area (Å²) in [6.45, 7) is 0.958. The van der Waals surface area contributed by atoms with Crippen molar-refractivity contribution < 1.29 is 0 Å². The minimum absolute atomic E-state index is 0.178. The van der Waals surface area contributed by atoms with Crippen LogP contribution in [-0.4, -0.2) is 12.7 Å². The first kappa shape index (κ1) is 17.2. The summed E-state index contributed by atoms with van der Waals surface area (Å²) in [6.07, 6.45) is 3.02. The lowest BCUT2D eigenvalue weighted by Gasteiger charge is -2.29. The lowest BCUT2D eigenvalue weighted by molar-refractivity contribution is 0.426. The normalized spacial score (nSPS) is 13.9. The molecule has 0 fully saturated rings. The van der Waals surface area contributed by atoms with E-state index in [9.17, 15) is 0 Å². The predicted molar refractivity (Wildman–Crippen MR) is 103 cm³/mol. The monoisotopic (exact) mass is 330 g/mol. The molecule has 2 nitrogen and oxygen atoms in total. The van der Waals surface area contributed by atoms with Gasteiger partial charge in [0.15, 0.2) is 0 Å². The van der Waals surface area contributed by atoms with E-state index in [-0.39, 0.29) is 12.1 Å². The molecular weight excluding hydrogens is 306 g/mol. The van der Waals surface area contributed by atoms with E-state index in [1.165, 1.54) is 11.1 Å². The van der Waals surface area contributed by atoms with E-state index in [0.29, 0.717) is 0 Å². The molecule has 0 spiro atoms. The van der Waals surface area contributed by atoms with Crippen LogP contribution in [0.4, 0.5) is 0 Å². The maximum atomic E-state index is 3.67. The molecule has 116 valence electrons. The van der Waals surface area contributed by atoms with Crippen LogP contribution in [0.25, 0.3) is 0 Å². The van der Waals surface area contributed by atoms with E-state index >= 15 is 0 Å². The standard InChI is InChI=1S/C18H24N2P2/c21-13-11-19-17(15-7-3-1-4-8-15)18(20-12-14-22)16-9-5-2-6-10-16/h1-11,13,17-20H,12,14,21-22H2/b13-11-/t17-,18-/m0/s1. The SMILES string of the molecule is P/C=C\N[C@@H](c1ccccc1)[C@@H](NCCP)c1ccccc1. The molecule has 22 heavy (non-hydrogen) atoms. The van der Waals surface area contributed by atoms with Gasteiger partial charge in [-0.05, 0) is 30.0 Å². The number of benzene rings is 2. The zero-order chi connectivity index (χ0) is 15.6. The van der Waals surface area contributed by atoms with E-state index in [2.05, 4.69) is 89.8 Å². The van der Waals surface area contributed by atoms with Crippen molar-refractivity contribution in [3.63, 3.8) is 0 Å². The van der Waals surface area contributed by atoms with Crippen molar-refractivity contribution in [2.24, 2.45) is 0 Å². The van der Waals surface area contributed by atoms with Crippen molar-refractivity contribution >= 4 is 18.5 Å². The third-order valence-electron chi connectivity index (χ3n) is 3.53. The highest BCUT2D eigenvalue weighted by Gasteiger charge is 2.23. The van der Waals surface area contributed by atoms with Gasteiger partial charge in [0, 0.05) is 0 Å². The summed E-state index contributed by atoms with van der Waals surface area (Å²) in [7, 11) is 5.39. The van der Waals surface area contributed by atoms with Crippen LogP contribution in [0.3, 0.4) is 0 Å². The van der Waals surface area contributed by atoms with Crippen LogP contribution < -0.4 is 10.6 Å². The molecule has 2 aromatic carbocycles. The van der Waals surface area contributed by atoms with Crippen LogP contribution >= 0.6 is 18.5 Å². The topological polar surface area (TPSA) is 24.1 Å². The van der Waals surface area contributed by atoms with Gasteiger partial charge in [0.2, 0.25) is 0 Å². The van der Waals surface area contributed by atoms with Crippen molar-refractivity contribution in [2.45, 2.75) is 12.1 Å². The number of hydrogen-bond acceptors (Lipinski definition) is 2. The molecule has 0 bridgehead atoms. The first-order valence-corrected chi connectivity index (χ1v) is 9.01. The quantitative estimate of drug-likeness (QED) is 0.718. The van der Waals surface area contributed by atoms with Gasteiger partial charge in [-0.2, -0.15) is 0 Å². The van der Waals surface area contributed by atoms with E-state index in [1.807, 2.05) is 12.0 Å².